The molecule has 1 saturated heterocycles. The Morgan fingerprint density at radius 1 is 1.06 bits per heavy atom. The van der Waals surface area contributed by atoms with Crippen LogP contribution in [0.25, 0.3) is 5.76 Å². The lowest BCUT2D eigenvalue weighted by atomic mass is 9.95. The van der Waals surface area contributed by atoms with Crippen molar-refractivity contribution in [3.63, 3.8) is 0 Å². The number of benzene rings is 2. The molecule has 0 spiro atoms. The highest BCUT2D eigenvalue weighted by atomic mass is 35.5. The lowest BCUT2D eigenvalue weighted by Crippen LogP contribution is -2.33. The molecule has 0 radical (unpaired) electrons. The first-order chi connectivity index (χ1) is 16.4. The highest BCUT2D eigenvalue weighted by Gasteiger charge is 2.45. The minimum absolute atomic E-state index is 0.0410. The molecule has 1 aliphatic rings. The summed E-state index contributed by atoms with van der Waals surface area (Å²) >= 11 is 6.25. The zero-order chi connectivity index (χ0) is 24.8. The molecular formula is C26H31ClN2O5. The summed E-state index contributed by atoms with van der Waals surface area (Å²) in [6, 6.07) is 11.2. The maximum Gasteiger partial charge on any atom is 0.295 e. The summed E-state index contributed by atoms with van der Waals surface area (Å²) in [6.45, 7) is 7.20. The summed E-state index contributed by atoms with van der Waals surface area (Å²) in [5.41, 5.74) is 1.09. The Kier molecular flexibility index (Phi) is 8.58. The van der Waals surface area contributed by atoms with E-state index in [4.69, 9.17) is 21.1 Å². The highest BCUT2D eigenvalue weighted by Crippen LogP contribution is 2.40. The number of amides is 1. The van der Waals surface area contributed by atoms with Gasteiger partial charge in [-0.2, -0.15) is 0 Å². The molecule has 7 nitrogen and oxygen atoms in total. The molecule has 1 N–H and O–H groups in total. The van der Waals surface area contributed by atoms with Gasteiger partial charge in [0.05, 0.1) is 30.9 Å². The predicted molar refractivity (Wildman–Crippen MR) is 132 cm³/mol. The number of hydrogen-bond acceptors (Lipinski definition) is 6. The smallest absolute Gasteiger partial charge is 0.295 e. The standard InChI is InChI=1S/C26H31ClN2O5/c1-5-28(6-2)14-7-15-29-23(17-8-11-19(33-3)12-9-17)22(25(31)26(29)32)24(30)18-10-13-21(34-4)20(27)16-18/h8-13,16,23,30H,5-7,14-15H2,1-4H3/t23-/m0/s1. The molecular weight excluding hydrogens is 456 g/mol. The Balaban J connectivity index is 2.05. The van der Waals surface area contributed by atoms with E-state index in [1.165, 1.54) is 13.2 Å². The van der Waals surface area contributed by atoms with Crippen LogP contribution in [0.1, 0.15) is 37.4 Å². The van der Waals surface area contributed by atoms with Crippen molar-refractivity contribution < 1.29 is 24.2 Å². The Hall–Kier alpha value is -3.03. The number of aliphatic hydroxyl groups is 1. The summed E-state index contributed by atoms with van der Waals surface area (Å²) in [7, 11) is 3.07. The average Bonchev–Trinajstić information content (AvgIpc) is 3.11. The topological polar surface area (TPSA) is 79.3 Å². The number of methoxy groups -OCH3 is 2. The molecule has 0 aliphatic carbocycles. The number of hydrogen-bond donors (Lipinski definition) is 1. The van der Waals surface area contributed by atoms with E-state index in [1.54, 1.807) is 48.4 Å². The Labute approximate surface area is 205 Å². The van der Waals surface area contributed by atoms with Crippen LogP contribution in [0.5, 0.6) is 11.5 Å². The lowest BCUT2D eigenvalue weighted by molar-refractivity contribution is -0.140. The maximum atomic E-state index is 13.2. The molecule has 3 rings (SSSR count). The first kappa shape index (κ1) is 25.6. The summed E-state index contributed by atoms with van der Waals surface area (Å²) in [4.78, 5) is 30.0. The second-order valence-corrected chi connectivity index (χ2v) is 8.40. The fraction of sp³-hybridized carbons (Fsp3) is 0.385. The van der Waals surface area contributed by atoms with Crippen LogP contribution in [0.4, 0.5) is 0 Å². The van der Waals surface area contributed by atoms with Gasteiger partial charge in [-0.15, -0.1) is 0 Å². The minimum Gasteiger partial charge on any atom is -0.507 e. The monoisotopic (exact) mass is 486 g/mol. The Bertz CT molecular complexity index is 1060. The number of aliphatic hydroxyl groups excluding tert-OH is 1. The summed E-state index contributed by atoms with van der Waals surface area (Å²) < 4.78 is 10.4. The van der Waals surface area contributed by atoms with E-state index in [-0.39, 0.29) is 11.3 Å². The van der Waals surface area contributed by atoms with Crippen molar-refractivity contribution >= 4 is 29.1 Å². The molecule has 1 heterocycles. The average molecular weight is 487 g/mol. The van der Waals surface area contributed by atoms with Gasteiger partial charge in [0, 0.05) is 12.1 Å². The van der Waals surface area contributed by atoms with Gasteiger partial charge in [0.15, 0.2) is 0 Å². The van der Waals surface area contributed by atoms with Gasteiger partial charge in [-0.1, -0.05) is 37.6 Å². The van der Waals surface area contributed by atoms with Gasteiger partial charge in [0.2, 0.25) is 0 Å². The van der Waals surface area contributed by atoms with Crippen LogP contribution >= 0.6 is 11.6 Å². The molecule has 2 aromatic carbocycles. The minimum atomic E-state index is -0.719. The third kappa shape index (κ3) is 5.21. The van der Waals surface area contributed by atoms with Crippen molar-refractivity contribution in [1.82, 2.24) is 9.80 Å². The quantitative estimate of drug-likeness (QED) is 0.302. The third-order valence-corrected chi connectivity index (χ3v) is 6.46. The Morgan fingerprint density at radius 2 is 1.74 bits per heavy atom. The highest BCUT2D eigenvalue weighted by molar-refractivity contribution is 6.46. The fourth-order valence-corrected chi connectivity index (χ4v) is 4.47. The number of halogens is 1. The molecule has 8 heteroatoms. The van der Waals surface area contributed by atoms with Crippen LogP contribution in [-0.2, 0) is 9.59 Å². The molecule has 0 unspecified atom stereocenters. The van der Waals surface area contributed by atoms with Crippen LogP contribution in [-0.4, -0.2) is 67.0 Å². The molecule has 1 atom stereocenters. The zero-order valence-corrected chi connectivity index (χ0v) is 20.8. The number of likely N-dealkylation sites (tertiary alicyclic amines) is 1. The fourth-order valence-electron chi connectivity index (χ4n) is 4.22. The second kappa shape index (κ2) is 11.4. The first-order valence-electron chi connectivity index (χ1n) is 11.3. The predicted octanol–water partition coefficient (Wildman–Crippen LogP) is 4.51. The first-order valence-corrected chi connectivity index (χ1v) is 11.7. The van der Waals surface area contributed by atoms with E-state index in [2.05, 4.69) is 18.7 Å². The van der Waals surface area contributed by atoms with Crippen molar-refractivity contribution in [2.45, 2.75) is 26.3 Å². The third-order valence-electron chi connectivity index (χ3n) is 6.16. The number of rotatable bonds is 10. The van der Waals surface area contributed by atoms with Crippen molar-refractivity contribution in [2.75, 3.05) is 40.4 Å². The largest absolute Gasteiger partial charge is 0.507 e. The van der Waals surface area contributed by atoms with E-state index >= 15 is 0 Å². The van der Waals surface area contributed by atoms with Gasteiger partial charge in [0.25, 0.3) is 11.7 Å². The molecule has 0 saturated carbocycles. The number of ether oxygens (including phenoxy) is 2. The zero-order valence-electron chi connectivity index (χ0n) is 20.0. The molecule has 2 aromatic rings. The van der Waals surface area contributed by atoms with Crippen LogP contribution < -0.4 is 9.47 Å². The number of Topliss-reactive ketones (excluding diaryl/α,β-unsaturated/α-hetero) is 1. The molecule has 182 valence electrons. The van der Waals surface area contributed by atoms with E-state index in [0.29, 0.717) is 40.6 Å². The molecule has 1 fully saturated rings. The molecule has 1 amide bonds. The van der Waals surface area contributed by atoms with Crippen LogP contribution in [0.15, 0.2) is 48.0 Å². The van der Waals surface area contributed by atoms with E-state index in [9.17, 15) is 14.7 Å². The number of carbonyl (C=O) groups excluding carboxylic acids is 2. The normalized spacial score (nSPS) is 17.5. The maximum absolute atomic E-state index is 13.2. The molecule has 0 aromatic heterocycles. The van der Waals surface area contributed by atoms with Crippen molar-refractivity contribution in [2.24, 2.45) is 0 Å². The van der Waals surface area contributed by atoms with Gasteiger partial charge < -0.3 is 24.4 Å². The number of ketones is 1. The summed E-state index contributed by atoms with van der Waals surface area (Å²) in [5, 5.41) is 11.5. The van der Waals surface area contributed by atoms with Gasteiger partial charge in [-0.05, 0) is 62.0 Å². The van der Waals surface area contributed by atoms with Gasteiger partial charge >= 0.3 is 0 Å². The SMILES string of the molecule is CCN(CC)CCCN1C(=O)C(=O)C(=C(O)c2ccc(OC)c(Cl)c2)[C@@H]1c1ccc(OC)cc1. The van der Waals surface area contributed by atoms with Gasteiger partial charge in [0.1, 0.15) is 17.3 Å². The van der Waals surface area contributed by atoms with Gasteiger partial charge in [-0.3, -0.25) is 9.59 Å². The lowest BCUT2D eigenvalue weighted by Gasteiger charge is -2.27. The molecule has 34 heavy (non-hydrogen) atoms. The van der Waals surface area contributed by atoms with E-state index in [0.717, 1.165) is 19.6 Å². The van der Waals surface area contributed by atoms with Crippen molar-refractivity contribution in [3.8, 4) is 11.5 Å². The van der Waals surface area contributed by atoms with Crippen LogP contribution in [0, 0.1) is 0 Å². The van der Waals surface area contributed by atoms with Gasteiger partial charge in [-0.25, -0.2) is 0 Å². The number of carbonyl (C=O) groups is 2. The number of nitrogens with zero attached hydrogens (tertiary/aromatic N) is 2. The van der Waals surface area contributed by atoms with Crippen molar-refractivity contribution in [1.29, 1.82) is 0 Å². The van der Waals surface area contributed by atoms with Crippen LogP contribution in [0.3, 0.4) is 0 Å². The second-order valence-electron chi connectivity index (χ2n) is 8.00. The van der Waals surface area contributed by atoms with E-state index in [1.807, 2.05) is 0 Å². The van der Waals surface area contributed by atoms with E-state index < -0.39 is 17.7 Å². The summed E-state index contributed by atoms with van der Waals surface area (Å²) in [6.07, 6.45) is 0.704. The molecule has 1 aliphatic heterocycles. The Morgan fingerprint density at radius 3 is 2.29 bits per heavy atom. The van der Waals surface area contributed by atoms with Crippen LogP contribution in [0.2, 0.25) is 5.02 Å². The van der Waals surface area contributed by atoms with Crippen molar-refractivity contribution in [3.05, 3.63) is 64.2 Å². The molecule has 0 bridgehead atoms. The summed E-state index contributed by atoms with van der Waals surface area (Å²) in [5.74, 6) is -0.504.